The van der Waals surface area contributed by atoms with Gasteiger partial charge in [-0.2, -0.15) is 0 Å². The van der Waals surface area contributed by atoms with Gasteiger partial charge in [0.15, 0.2) is 0 Å². The fraction of sp³-hybridized carbons (Fsp3) is 0.333. The molecule has 4 aromatic rings. The lowest BCUT2D eigenvalue weighted by molar-refractivity contribution is -0.140. The Labute approximate surface area is 284 Å². The highest BCUT2D eigenvalue weighted by Gasteiger charge is 2.36. The average molecular weight is 668 g/mol. The molecule has 252 valence electrons. The van der Waals surface area contributed by atoms with Gasteiger partial charge in [-0.15, -0.1) is 0 Å². The topological polar surface area (TPSA) is 96.0 Å². The summed E-state index contributed by atoms with van der Waals surface area (Å²) < 4.78 is 35.8. The second-order valence-electron chi connectivity index (χ2n) is 12.4. The zero-order chi connectivity index (χ0) is 34.1. The van der Waals surface area contributed by atoms with Crippen LogP contribution >= 0.6 is 0 Å². The Morgan fingerprint density at radius 3 is 2.19 bits per heavy atom. The van der Waals surface area contributed by atoms with Gasteiger partial charge in [-0.05, 0) is 74.6 Å². The summed E-state index contributed by atoms with van der Waals surface area (Å²) in [6.45, 7) is 5.58. The number of sulfonamides is 1. The molecule has 0 saturated heterocycles. The molecule has 0 heterocycles. The van der Waals surface area contributed by atoms with Crippen LogP contribution in [-0.2, 0) is 32.6 Å². The Bertz CT molecular complexity index is 1790. The normalized spacial score (nSPS) is 13.9. The molecule has 0 bridgehead atoms. The van der Waals surface area contributed by atoms with Gasteiger partial charge in [0, 0.05) is 19.0 Å². The number of para-hydroxylation sites is 2. The fourth-order valence-electron chi connectivity index (χ4n) is 6.18. The van der Waals surface area contributed by atoms with Crippen molar-refractivity contribution in [2.75, 3.05) is 17.5 Å². The Morgan fingerprint density at radius 1 is 0.854 bits per heavy atom. The standard InChI is InChI=1S/C39H45N3O5S/c1-4-47-37-21-13-12-20-35(37)42(48(45,46)34-24-22-29(2)23-25-34)28-38(43)41(27-32-17-9-8-14-30(32)3)36(26-31-15-6-5-7-16-31)39(44)40-33-18-10-11-19-33/h5-9,12-17,20-25,33,36H,4,10-11,18-19,26-28H2,1-3H3,(H,40,44)/t36-/m0/s1. The van der Waals surface area contributed by atoms with Gasteiger partial charge in [-0.25, -0.2) is 8.42 Å². The monoisotopic (exact) mass is 667 g/mol. The molecule has 1 aliphatic rings. The second-order valence-corrected chi connectivity index (χ2v) is 14.2. The summed E-state index contributed by atoms with van der Waals surface area (Å²) >= 11 is 0. The van der Waals surface area contributed by atoms with Gasteiger partial charge in [0.25, 0.3) is 10.0 Å². The third-order valence-electron chi connectivity index (χ3n) is 8.90. The van der Waals surface area contributed by atoms with Crippen molar-refractivity contribution < 1.29 is 22.7 Å². The minimum atomic E-state index is -4.24. The molecule has 1 saturated carbocycles. The Kier molecular flexibility index (Phi) is 11.5. The van der Waals surface area contributed by atoms with Gasteiger partial charge >= 0.3 is 0 Å². The molecule has 4 aromatic carbocycles. The number of rotatable bonds is 14. The fourth-order valence-corrected chi connectivity index (χ4v) is 7.61. The minimum Gasteiger partial charge on any atom is -0.492 e. The lowest BCUT2D eigenvalue weighted by Gasteiger charge is -2.35. The number of carbonyl (C=O) groups excluding carboxylic acids is 2. The van der Waals surface area contributed by atoms with Crippen LogP contribution in [0.3, 0.4) is 0 Å². The summed E-state index contributed by atoms with van der Waals surface area (Å²) in [5.74, 6) is -0.396. The Morgan fingerprint density at radius 2 is 1.50 bits per heavy atom. The first-order valence-electron chi connectivity index (χ1n) is 16.7. The van der Waals surface area contributed by atoms with Crippen LogP contribution in [0.15, 0.2) is 108 Å². The van der Waals surface area contributed by atoms with E-state index in [0.717, 1.165) is 52.2 Å². The van der Waals surface area contributed by atoms with Crippen molar-refractivity contribution in [2.24, 2.45) is 0 Å². The lowest BCUT2D eigenvalue weighted by Crippen LogP contribution is -2.54. The summed E-state index contributed by atoms with van der Waals surface area (Å²) in [7, 11) is -4.24. The van der Waals surface area contributed by atoms with E-state index in [2.05, 4.69) is 5.32 Å². The van der Waals surface area contributed by atoms with Crippen molar-refractivity contribution in [3.63, 3.8) is 0 Å². The van der Waals surface area contributed by atoms with E-state index in [1.807, 2.05) is 75.4 Å². The van der Waals surface area contributed by atoms with Crippen LogP contribution in [0.1, 0.15) is 54.9 Å². The first-order chi connectivity index (χ1) is 23.2. The van der Waals surface area contributed by atoms with Crippen molar-refractivity contribution in [2.45, 2.75) is 76.4 Å². The van der Waals surface area contributed by atoms with E-state index in [0.29, 0.717) is 12.4 Å². The number of amides is 2. The molecular weight excluding hydrogens is 623 g/mol. The highest BCUT2D eigenvalue weighted by molar-refractivity contribution is 7.92. The maximum absolute atomic E-state index is 14.8. The summed E-state index contributed by atoms with van der Waals surface area (Å²) in [5, 5.41) is 3.22. The van der Waals surface area contributed by atoms with Crippen molar-refractivity contribution in [3.05, 3.63) is 125 Å². The second kappa shape index (κ2) is 16.0. The Balaban J connectivity index is 1.60. The number of benzene rings is 4. The van der Waals surface area contributed by atoms with Crippen LogP contribution < -0.4 is 14.4 Å². The molecule has 1 N–H and O–H groups in total. The van der Waals surface area contributed by atoms with Crippen LogP contribution in [0.2, 0.25) is 0 Å². The number of hydrogen-bond donors (Lipinski definition) is 1. The molecule has 0 spiro atoms. The molecule has 0 unspecified atom stereocenters. The summed E-state index contributed by atoms with van der Waals surface area (Å²) in [6.07, 6.45) is 4.16. The van der Waals surface area contributed by atoms with Gasteiger partial charge in [0.2, 0.25) is 11.8 Å². The average Bonchev–Trinajstić information content (AvgIpc) is 3.60. The maximum atomic E-state index is 14.8. The molecule has 8 nitrogen and oxygen atoms in total. The molecule has 1 aliphatic carbocycles. The number of nitrogens with zero attached hydrogens (tertiary/aromatic N) is 2. The van der Waals surface area contributed by atoms with E-state index in [-0.39, 0.29) is 35.5 Å². The molecule has 9 heteroatoms. The number of hydrogen-bond acceptors (Lipinski definition) is 5. The molecule has 0 aromatic heterocycles. The molecule has 1 atom stereocenters. The van der Waals surface area contributed by atoms with Gasteiger partial charge in [0.05, 0.1) is 17.2 Å². The summed E-state index contributed by atoms with van der Waals surface area (Å²) in [6, 6.07) is 29.9. The van der Waals surface area contributed by atoms with Gasteiger partial charge in [0.1, 0.15) is 18.3 Å². The van der Waals surface area contributed by atoms with Crippen LogP contribution in [-0.4, -0.2) is 50.4 Å². The molecule has 0 radical (unpaired) electrons. The zero-order valence-electron chi connectivity index (χ0n) is 28.0. The zero-order valence-corrected chi connectivity index (χ0v) is 28.8. The number of nitrogens with one attached hydrogen (secondary N) is 1. The van der Waals surface area contributed by atoms with Crippen molar-refractivity contribution in [3.8, 4) is 5.75 Å². The largest absolute Gasteiger partial charge is 0.492 e. The van der Waals surface area contributed by atoms with E-state index in [4.69, 9.17) is 4.74 Å². The maximum Gasteiger partial charge on any atom is 0.264 e. The third kappa shape index (κ3) is 8.44. The smallest absolute Gasteiger partial charge is 0.264 e. The van der Waals surface area contributed by atoms with E-state index in [1.165, 1.54) is 0 Å². The molecule has 48 heavy (non-hydrogen) atoms. The summed E-state index contributed by atoms with van der Waals surface area (Å²) in [4.78, 5) is 30.6. The molecule has 5 rings (SSSR count). The van der Waals surface area contributed by atoms with Crippen LogP contribution in [0.5, 0.6) is 5.75 Å². The minimum absolute atomic E-state index is 0.0441. The number of aryl methyl sites for hydroxylation is 2. The predicted octanol–water partition coefficient (Wildman–Crippen LogP) is 6.60. The predicted molar refractivity (Wildman–Crippen MR) is 189 cm³/mol. The van der Waals surface area contributed by atoms with E-state index < -0.39 is 28.5 Å². The molecule has 1 fully saturated rings. The quantitative estimate of drug-likeness (QED) is 0.164. The van der Waals surface area contributed by atoms with Crippen LogP contribution in [0, 0.1) is 13.8 Å². The van der Waals surface area contributed by atoms with Crippen molar-refractivity contribution in [1.29, 1.82) is 0 Å². The first kappa shape index (κ1) is 34.7. The number of carbonyl (C=O) groups is 2. The van der Waals surface area contributed by atoms with E-state index in [9.17, 15) is 18.0 Å². The molecular formula is C39H45N3O5S. The van der Waals surface area contributed by atoms with Gasteiger partial charge in [-0.3, -0.25) is 13.9 Å². The van der Waals surface area contributed by atoms with E-state index in [1.54, 1.807) is 53.4 Å². The first-order valence-corrected chi connectivity index (χ1v) is 18.1. The SMILES string of the molecule is CCOc1ccccc1N(CC(=O)N(Cc1ccccc1C)[C@@H](Cc1ccccc1)C(=O)NC1CCCC1)S(=O)(=O)c1ccc(C)cc1. The van der Waals surface area contributed by atoms with Crippen LogP contribution in [0.25, 0.3) is 0 Å². The molecule has 0 aliphatic heterocycles. The van der Waals surface area contributed by atoms with E-state index >= 15 is 0 Å². The van der Waals surface area contributed by atoms with Gasteiger partial charge < -0.3 is 15.0 Å². The van der Waals surface area contributed by atoms with Crippen LogP contribution in [0.4, 0.5) is 5.69 Å². The summed E-state index contributed by atoms with van der Waals surface area (Å²) in [5.41, 5.74) is 3.90. The highest BCUT2D eigenvalue weighted by Crippen LogP contribution is 2.33. The third-order valence-corrected chi connectivity index (χ3v) is 10.7. The number of anilines is 1. The Hall–Kier alpha value is -4.63. The van der Waals surface area contributed by atoms with Crippen molar-refractivity contribution >= 4 is 27.5 Å². The molecule has 2 amide bonds. The van der Waals surface area contributed by atoms with Gasteiger partial charge in [-0.1, -0.05) is 97.3 Å². The number of ether oxygens (including phenoxy) is 1. The van der Waals surface area contributed by atoms with Crippen molar-refractivity contribution in [1.82, 2.24) is 10.2 Å². The highest BCUT2D eigenvalue weighted by atomic mass is 32.2. The lowest BCUT2D eigenvalue weighted by atomic mass is 10.0.